The summed E-state index contributed by atoms with van der Waals surface area (Å²) in [6.07, 6.45) is 0.764. The summed E-state index contributed by atoms with van der Waals surface area (Å²) in [6.45, 7) is 5.92. The van der Waals surface area contributed by atoms with E-state index in [1.165, 1.54) is 17.8 Å². The Bertz CT molecular complexity index is 903. The van der Waals surface area contributed by atoms with Crippen LogP contribution in [0, 0.1) is 5.82 Å². The molecule has 2 N–H and O–H groups in total. The molecule has 1 atom stereocenters. The van der Waals surface area contributed by atoms with Gasteiger partial charge in [-0.05, 0) is 56.2 Å². The standard InChI is InChI=1S/C21H23ClFNO3S/c1-12(20(24)25)28-11-13-4-5-18(17(23)6-13)26-10-15-8-16(22)7-14-9-21(2,3)27-19(14)15/h4-8,12H,9-11H2,1-3H3,(H2,24,25)/t12-/m1/s1. The minimum atomic E-state index is -0.454. The highest BCUT2D eigenvalue weighted by Crippen LogP contribution is 2.40. The minimum Gasteiger partial charge on any atom is -0.487 e. The first-order chi connectivity index (χ1) is 13.1. The van der Waals surface area contributed by atoms with E-state index < -0.39 is 5.82 Å². The normalized spacial score (nSPS) is 15.6. The number of benzene rings is 2. The number of rotatable bonds is 7. The van der Waals surface area contributed by atoms with Gasteiger partial charge in [0.05, 0.1) is 5.25 Å². The molecule has 0 saturated carbocycles. The molecule has 1 amide bonds. The maximum atomic E-state index is 14.4. The molecule has 7 heteroatoms. The van der Waals surface area contributed by atoms with Crippen molar-refractivity contribution in [2.45, 2.75) is 50.4 Å². The van der Waals surface area contributed by atoms with Gasteiger partial charge in [-0.3, -0.25) is 4.79 Å². The number of carbonyl (C=O) groups is 1. The van der Waals surface area contributed by atoms with Gasteiger partial charge in [0.2, 0.25) is 5.91 Å². The van der Waals surface area contributed by atoms with Crippen LogP contribution < -0.4 is 15.2 Å². The predicted molar refractivity (Wildman–Crippen MR) is 111 cm³/mol. The van der Waals surface area contributed by atoms with Gasteiger partial charge in [-0.15, -0.1) is 11.8 Å². The average molecular weight is 424 g/mol. The van der Waals surface area contributed by atoms with Crippen molar-refractivity contribution >= 4 is 29.3 Å². The average Bonchev–Trinajstić information content (AvgIpc) is 2.92. The van der Waals surface area contributed by atoms with Gasteiger partial charge in [-0.2, -0.15) is 0 Å². The predicted octanol–water partition coefficient (Wildman–Crippen LogP) is 4.88. The molecule has 4 nitrogen and oxygen atoms in total. The largest absolute Gasteiger partial charge is 0.487 e. The number of primary amides is 1. The number of carbonyl (C=O) groups excluding carboxylic acids is 1. The van der Waals surface area contributed by atoms with Gasteiger partial charge < -0.3 is 15.2 Å². The lowest BCUT2D eigenvalue weighted by molar-refractivity contribution is -0.117. The zero-order valence-electron chi connectivity index (χ0n) is 16.1. The van der Waals surface area contributed by atoms with Crippen LogP contribution in [0.15, 0.2) is 30.3 Å². The van der Waals surface area contributed by atoms with Gasteiger partial charge in [-0.1, -0.05) is 17.7 Å². The minimum absolute atomic E-state index is 0.155. The molecule has 3 rings (SSSR count). The molecule has 1 aliphatic heterocycles. The molecule has 0 aromatic heterocycles. The van der Waals surface area contributed by atoms with Crippen LogP contribution in [0.4, 0.5) is 4.39 Å². The van der Waals surface area contributed by atoms with Gasteiger partial charge in [0.25, 0.3) is 0 Å². The Morgan fingerprint density at radius 3 is 2.82 bits per heavy atom. The van der Waals surface area contributed by atoms with Crippen LogP contribution in [0.3, 0.4) is 0 Å². The highest BCUT2D eigenvalue weighted by atomic mass is 35.5. The lowest BCUT2D eigenvalue weighted by Gasteiger charge is -2.18. The number of nitrogens with two attached hydrogens (primary N) is 1. The van der Waals surface area contributed by atoms with E-state index in [9.17, 15) is 9.18 Å². The van der Waals surface area contributed by atoms with Gasteiger partial charge in [0.15, 0.2) is 11.6 Å². The molecule has 0 bridgehead atoms. The summed E-state index contributed by atoms with van der Waals surface area (Å²) in [5.41, 5.74) is 7.53. The third-order valence-corrected chi connectivity index (χ3v) is 5.93. The van der Waals surface area contributed by atoms with Crippen molar-refractivity contribution in [3.63, 3.8) is 0 Å². The maximum absolute atomic E-state index is 14.4. The topological polar surface area (TPSA) is 61.6 Å². The summed E-state index contributed by atoms with van der Waals surface area (Å²) in [5.74, 6) is 0.576. The molecule has 150 valence electrons. The third-order valence-electron chi connectivity index (χ3n) is 4.48. The Kier molecular flexibility index (Phi) is 6.10. The summed E-state index contributed by atoms with van der Waals surface area (Å²) < 4.78 is 26.1. The van der Waals surface area contributed by atoms with Crippen LogP contribution in [0.25, 0.3) is 0 Å². The first-order valence-electron chi connectivity index (χ1n) is 8.97. The van der Waals surface area contributed by atoms with Crippen molar-refractivity contribution in [1.82, 2.24) is 0 Å². The lowest BCUT2D eigenvalue weighted by atomic mass is 10.0. The first kappa shape index (κ1) is 20.8. The van der Waals surface area contributed by atoms with E-state index in [1.54, 1.807) is 25.1 Å². The van der Waals surface area contributed by atoms with E-state index in [0.717, 1.165) is 28.9 Å². The van der Waals surface area contributed by atoms with Crippen LogP contribution in [-0.4, -0.2) is 16.8 Å². The van der Waals surface area contributed by atoms with Gasteiger partial charge >= 0.3 is 0 Å². The smallest absolute Gasteiger partial charge is 0.230 e. The van der Waals surface area contributed by atoms with Crippen LogP contribution in [0.1, 0.15) is 37.5 Å². The highest BCUT2D eigenvalue weighted by molar-refractivity contribution is 7.99. The molecule has 0 aliphatic carbocycles. The van der Waals surface area contributed by atoms with E-state index in [2.05, 4.69) is 0 Å². The zero-order valence-corrected chi connectivity index (χ0v) is 17.6. The fourth-order valence-electron chi connectivity index (χ4n) is 3.06. The quantitative estimate of drug-likeness (QED) is 0.689. The first-order valence-corrected chi connectivity index (χ1v) is 10.4. The van der Waals surface area contributed by atoms with E-state index in [0.29, 0.717) is 10.8 Å². The van der Waals surface area contributed by atoms with Crippen molar-refractivity contribution in [2.75, 3.05) is 0 Å². The maximum Gasteiger partial charge on any atom is 0.230 e. The summed E-state index contributed by atoms with van der Waals surface area (Å²) in [4.78, 5) is 11.1. The monoisotopic (exact) mass is 423 g/mol. The van der Waals surface area contributed by atoms with E-state index in [-0.39, 0.29) is 29.1 Å². The molecular formula is C21H23ClFNO3S. The second-order valence-electron chi connectivity index (χ2n) is 7.50. The molecule has 0 spiro atoms. The van der Waals surface area contributed by atoms with Crippen LogP contribution in [0.2, 0.25) is 5.02 Å². The molecule has 0 radical (unpaired) electrons. The van der Waals surface area contributed by atoms with Crippen molar-refractivity contribution in [3.8, 4) is 11.5 Å². The second kappa shape index (κ2) is 8.21. The Balaban J connectivity index is 1.68. The highest BCUT2D eigenvalue weighted by Gasteiger charge is 2.32. The number of fused-ring (bicyclic) bond motifs is 1. The number of halogens is 2. The molecule has 0 unspecified atom stereocenters. The molecule has 2 aromatic carbocycles. The van der Waals surface area contributed by atoms with Crippen molar-refractivity contribution in [2.24, 2.45) is 5.73 Å². The fourth-order valence-corrected chi connectivity index (χ4v) is 4.11. The van der Waals surface area contributed by atoms with Crippen LogP contribution >= 0.6 is 23.4 Å². The Morgan fingerprint density at radius 1 is 1.39 bits per heavy atom. The van der Waals surface area contributed by atoms with Crippen molar-refractivity contribution in [1.29, 1.82) is 0 Å². The Hall–Kier alpha value is -1.92. The van der Waals surface area contributed by atoms with Gasteiger partial charge in [-0.25, -0.2) is 4.39 Å². The van der Waals surface area contributed by atoms with E-state index >= 15 is 0 Å². The fraction of sp³-hybridized carbons (Fsp3) is 0.381. The Labute approximate surface area is 173 Å². The lowest BCUT2D eigenvalue weighted by Crippen LogP contribution is -2.25. The molecule has 0 saturated heterocycles. The molecule has 0 fully saturated rings. The number of amides is 1. The SMILES string of the molecule is C[C@@H](SCc1ccc(OCc2cc(Cl)cc3c2OC(C)(C)C3)c(F)c1)C(N)=O. The Morgan fingerprint density at radius 2 is 2.14 bits per heavy atom. The molecular weight excluding hydrogens is 401 g/mol. The second-order valence-corrected chi connectivity index (χ2v) is 9.27. The summed E-state index contributed by atoms with van der Waals surface area (Å²) in [6, 6.07) is 8.47. The van der Waals surface area contributed by atoms with Gasteiger partial charge in [0.1, 0.15) is 18.0 Å². The zero-order chi connectivity index (χ0) is 20.5. The summed E-state index contributed by atoms with van der Waals surface area (Å²) in [5, 5.41) is 0.281. The number of hydrogen-bond donors (Lipinski definition) is 1. The molecule has 2 aromatic rings. The molecule has 1 aliphatic rings. The summed E-state index contributed by atoms with van der Waals surface area (Å²) in [7, 11) is 0. The van der Waals surface area contributed by atoms with E-state index in [4.69, 9.17) is 26.8 Å². The van der Waals surface area contributed by atoms with Crippen LogP contribution in [0.5, 0.6) is 11.5 Å². The molecule has 28 heavy (non-hydrogen) atoms. The number of thioether (sulfide) groups is 1. The van der Waals surface area contributed by atoms with E-state index in [1.807, 2.05) is 19.9 Å². The van der Waals surface area contributed by atoms with Crippen molar-refractivity contribution < 1.29 is 18.7 Å². The van der Waals surface area contributed by atoms with Gasteiger partial charge in [0, 0.05) is 22.8 Å². The molecule has 1 heterocycles. The third kappa shape index (κ3) is 4.92. The number of hydrogen-bond acceptors (Lipinski definition) is 4. The van der Waals surface area contributed by atoms with Crippen LogP contribution in [-0.2, 0) is 23.6 Å². The van der Waals surface area contributed by atoms with Crippen molar-refractivity contribution in [3.05, 3.63) is 57.9 Å². The summed E-state index contributed by atoms with van der Waals surface area (Å²) >= 11 is 7.58. The number of ether oxygens (including phenoxy) is 2.